The van der Waals surface area contributed by atoms with Gasteiger partial charge >= 0.3 is 0 Å². The van der Waals surface area contributed by atoms with Crippen molar-refractivity contribution in [2.75, 3.05) is 33.4 Å². The van der Waals surface area contributed by atoms with E-state index in [1.807, 2.05) is 0 Å². The average molecular weight is 293 g/mol. The number of nitrogens with one attached hydrogen (secondary N) is 2. The number of methoxy groups -OCH3 is 1. The number of carbonyl (C=O) groups is 1. The average Bonchev–Trinajstić information content (AvgIpc) is 2.46. The summed E-state index contributed by atoms with van der Waals surface area (Å²) in [6.45, 7) is 3.10. The topological polar surface area (TPSA) is 59.6 Å². The van der Waals surface area contributed by atoms with Crippen LogP contribution < -0.4 is 10.6 Å². The number of hydrogen-bond donors (Lipinski definition) is 2. The minimum Gasteiger partial charge on any atom is -0.376 e. The molecule has 0 aromatic rings. The summed E-state index contributed by atoms with van der Waals surface area (Å²) >= 11 is 0. The first-order valence-corrected chi connectivity index (χ1v) is 6.93. The van der Waals surface area contributed by atoms with Crippen molar-refractivity contribution in [3.05, 3.63) is 0 Å². The van der Waals surface area contributed by atoms with Gasteiger partial charge in [0.25, 0.3) is 5.91 Å². The Labute approximate surface area is 121 Å². The maximum absolute atomic E-state index is 12.3. The predicted molar refractivity (Wildman–Crippen MR) is 75.7 cm³/mol. The minimum absolute atomic E-state index is 0. The molecule has 2 saturated heterocycles. The fourth-order valence-electron chi connectivity index (χ4n) is 2.69. The van der Waals surface area contributed by atoms with Gasteiger partial charge in [0, 0.05) is 20.3 Å². The van der Waals surface area contributed by atoms with Gasteiger partial charge < -0.3 is 20.1 Å². The molecule has 5 nitrogen and oxygen atoms in total. The Morgan fingerprint density at radius 2 is 2.16 bits per heavy atom. The van der Waals surface area contributed by atoms with E-state index in [-0.39, 0.29) is 24.4 Å². The largest absolute Gasteiger partial charge is 0.376 e. The third-order valence-electron chi connectivity index (χ3n) is 3.98. The fourth-order valence-corrected chi connectivity index (χ4v) is 2.69. The molecule has 0 spiro atoms. The van der Waals surface area contributed by atoms with Crippen LogP contribution in [0.2, 0.25) is 0 Å². The van der Waals surface area contributed by atoms with Gasteiger partial charge in [-0.1, -0.05) is 0 Å². The molecule has 2 N–H and O–H groups in total. The highest BCUT2D eigenvalue weighted by atomic mass is 35.5. The van der Waals surface area contributed by atoms with Gasteiger partial charge in [0.2, 0.25) is 0 Å². The summed E-state index contributed by atoms with van der Waals surface area (Å²) in [7, 11) is 1.63. The van der Waals surface area contributed by atoms with E-state index in [1.54, 1.807) is 7.11 Å². The summed E-state index contributed by atoms with van der Waals surface area (Å²) in [5.41, 5.74) is -0.639. The molecule has 2 fully saturated rings. The molecule has 112 valence electrons. The van der Waals surface area contributed by atoms with Crippen LogP contribution in [-0.2, 0) is 14.3 Å². The third-order valence-corrected chi connectivity index (χ3v) is 3.98. The SMILES string of the molecule is COC1(C(=O)NCC2CCCCO2)CCNCC1.Cl. The van der Waals surface area contributed by atoms with Crippen molar-refractivity contribution < 1.29 is 14.3 Å². The van der Waals surface area contributed by atoms with Crippen molar-refractivity contribution >= 4 is 18.3 Å². The van der Waals surface area contributed by atoms with Gasteiger partial charge in [-0.25, -0.2) is 0 Å². The summed E-state index contributed by atoms with van der Waals surface area (Å²) in [5.74, 6) is 0.0145. The molecule has 0 aromatic carbocycles. The minimum atomic E-state index is -0.639. The third kappa shape index (κ3) is 4.31. The summed E-state index contributed by atoms with van der Waals surface area (Å²) in [6.07, 6.45) is 5.03. The summed E-state index contributed by atoms with van der Waals surface area (Å²) < 4.78 is 11.1. The molecule has 1 amide bonds. The van der Waals surface area contributed by atoms with Crippen LogP contribution in [0.1, 0.15) is 32.1 Å². The number of carbonyl (C=O) groups excluding carboxylic acids is 1. The number of amides is 1. The molecule has 2 aliphatic heterocycles. The van der Waals surface area contributed by atoms with Crippen molar-refractivity contribution in [2.24, 2.45) is 0 Å². The van der Waals surface area contributed by atoms with E-state index in [4.69, 9.17) is 9.47 Å². The van der Waals surface area contributed by atoms with Gasteiger partial charge in [0.05, 0.1) is 6.10 Å². The second-order valence-electron chi connectivity index (χ2n) is 5.15. The number of rotatable bonds is 4. The fraction of sp³-hybridized carbons (Fsp3) is 0.923. The summed E-state index contributed by atoms with van der Waals surface area (Å²) in [6, 6.07) is 0. The van der Waals surface area contributed by atoms with E-state index < -0.39 is 5.60 Å². The van der Waals surface area contributed by atoms with Gasteiger partial charge in [-0.05, 0) is 45.2 Å². The first-order chi connectivity index (χ1) is 8.77. The normalized spacial score (nSPS) is 26.3. The van der Waals surface area contributed by atoms with E-state index in [9.17, 15) is 4.79 Å². The predicted octanol–water partition coefficient (Wildman–Crippen LogP) is 0.862. The van der Waals surface area contributed by atoms with E-state index in [1.165, 1.54) is 6.42 Å². The van der Waals surface area contributed by atoms with Crippen molar-refractivity contribution in [3.63, 3.8) is 0 Å². The molecule has 0 saturated carbocycles. The van der Waals surface area contributed by atoms with Crippen molar-refractivity contribution in [3.8, 4) is 0 Å². The highest BCUT2D eigenvalue weighted by Gasteiger charge is 2.39. The second kappa shape index (κ2) is 8.04. The number of piperidine rings is 1. The van der Waals surface area contributed by atoms with E-state index in [0.717, 1.165) is 45.4 Å². The van der Waals surface area contributed by atoms with Crippen LogP contribution in [0.4, 0.5) is 0 Å². The van der Waals surface area contributed by atoms with Crippen LogP contribution in [0, 0.1) is 0 Å². The Bertz CT molecular complexity index is 277. The maximum Gasteiger partial charge on any atom is 0.252 e. The van der Waals surface area contributed by atoms with E-state index in [2.05, 4.69) is 10.6 Å². The molecule has 0 aliphatic carbocycles. The zero-order chi connectivity index (χ0) is 12.8. The molecule has 0 radical (unpaired) electrons. The van der Waals surface area contributed by atoms with Gasteiger partial charge in [0.15, 0.2) is 0 Å². The Hall–Kier alpha value is -0.360. The Kier molecular flexibility index (Phi) is 7.07. The first kappa shape index (κ1) is 16.7. The standard InChI is InChI=1S/C13H24N2O3.ClH/c1-17-13(5-7-14-8-6-13)12(16)15-10-11-4-2-3-9-18-11;/h11,14H,2-10H2,1H3,(H,15,16);1H. The van der Waals surface area contributed by atoms with Crippen LogP contribution in [0.5, 0.6) is 0 Å². The highest BCUT2D eigenvalue weighted by Crippen LogP contribution is 2.22. The smallest absolute Gasteiger partial charge is 0.252 e. The molecular formula is C13H25ClN2O3. The van der Waals surface area contributed by atoms with Gasteiger partial charge in [0.1, 0.15) is 5.60 Å². The summed E-state index contributed by atoms with van der Waals surface area (Å²) in [5, 5.41) is 6.25. The van der Waals surface area contributed by atoms with Crippen LogP contribution in [0.3, 0.4) is 0 Å². The molecule has 2 aliphatic rings. The van der Waals surface area contributed by atoms with E-state index >= 15 is 0 Å². The monoisotopic (exact) mass is 292 g/mol. The first-order valence-electron chi connectivity index (χ1n) is 6.93. The molecule has 1 unspecified atom stereocenters. The zero-order valence-electron chi connectivity index (χ0n) is 11.6. The second-order valence-corrected chi connectivity index (χ2v) is 5.15. The molecule has 1 atom stereocenters. The maximum atomic E-state index is 12.3. The van der Waals surface area contributed by atoms with Crippen LogP contribution >= 0.6 is 12.4 Å². The van der Waals surface area contributed by atoms with Gasteiger partial charge in [-0.2, -0.15) is 0 Å². The lowest BCUT2D eigenvalue weighted by Crippen LogP contribution is -2.55. The summed E-state index contributed by atoms with van der Waals surface area (Å²) in [4.78, 5) is 12.3. The van der Waals surface area contributed by atoms with Crippen LogP contribution in [-0.4, -0.2) is 51.0 Å². The van der Waals surface area contributed by atoms with Crippen molar-refractivity contribution in [1.29, 1.82) is 0 Å². The number of ether oxygens (including phenoxy) is 2. The van der Waals surface area contributed by atoms with Crippen molar-refractivity contribution in [2.45, 2.75) is 43.8 Å². The van der Waals surface area contributed by atoms with Gasteiger partial charge in [-0.15, -0.1) is 12.4 Å². The lowest BCUT2D eigenvalue weighted by molar-refractivity contribution is -0.147. The highest BCUT2D eigenvalue weighted by molar-refractivity contribution is 5.85. The molecule has 19 heavy (non-hydrogen) atoms. The van der Waals surface area contributed by atoms with Gasteiger partial charge in [-0.3, -0.25) is 4.79 Å². The lowest BCUT2D eigenvalue weighted by Gasteiger charge is -2.35. The lowest BCUT2D eigenvalue weighted by atomic mass is 9.91. The molecule has 0 bridgehead atoms. The zero-order valence-corrected chi connectivity index (χ0v) is 12.4. The Balaban J connectivity index is 0.00000180. The quantitative estimate of drug-likeness (QED) is 0.807. The van der Waals surface area contributed by atoms with Crippen LogP contribution in [0.25, 0.3) is 0 Å². The number of hydrogen-bond acceptors (Lipinski definition) is 4. The molecular weight excluding hydrogens is 268 g/mol. The Morgan fingerprint density at radius 1 is 1.42 bits per heavy atom. The van der Waals surface area contributed by atoms with Crippen LogP contribution in [0.15, 0.2) is 0 Å². The molecule has 0 aromatic heterocycles. The number of halogens is 1. The molecule has 2 heterocycles. The van der Waals surface area contributed by atoms with Crippen molar-refractivity contribution in [1.82, 2.24) is 10.6 Å². The Morgan fingerprint density at radius 3 is 2.74 bits per heavy atom. The molecule has 6 heteroatoms. The molecule has 2 rings (SSSR count). The van der Waals surface area contributed by atoms with E-state index in [0.29, 0.717) is 6.54 Å².